The van der Waals surface area contributed by atoms with Gasteiger partial charge in [0.25, 0.3) is 0 Å². The van der Waals surface area contributed by atoms with E-state index in [0.717, 1.165) is 61.0 Å². The van der Waals surface area contributed by atoms with Crippen molar-refractivity contribution in [2.24, 2.45) is 0 Å². The Bertz CT molecular complexity index is 1040. The number of methoxy groups -OCH3 is 1. The number of ether oxygens (including phenoxy) is 1. The van der Waals surface area contributed by atoms with Gasteiger partial charge in [0.2, 0.25) is 0 Å². The SMILES string of the molecule is COc1ccccc1N1CCN(C[C@H](C)Nc2nc(C3CC3)nc3ccccc23)CC1. The number of nitrogens with zero attached hydrogens (tertiary/aromatic N) is 4. The first kappa shape index (κ1) is 20.1. The highest BCUT2D eigenvalue weighted by Crippen LogP contribution is 2.39. The van der Waals surface area contributed by atoms with E-state index in [4.69, 9.17) is 14.7 Å². The molecule has 1 saturated heterocycles. The highest BCUT2D eigenvalue weighted by molar-refractivity contribution is 5.89. The van der Waals surface area contributed by atoms with Crippen LogP contribution in [0.25, 0.3) is 10.9 Å². The lowest BCUT2D eigenvalue weighted by Gasteiger charge is -2.37. The van der Waals surface area contributed by atoms with Crippen molar-refractivity contribution in [2.75, 3.05) is 50.1 Å². The van der Waals surface area contributed by atoms with Gasteiger partial charge >= 0.3 is 0 Å². The first-order valence-corrected chi connectivity index (χ1v) is 11.3. The fourth-order valence-corrected chi connectivity index (χ4v) is 4.46. The number of hydrogen-bond acceptors (Lipinski definition) is 6. The molecule has 2 aromatic carbocycles. The molecule has 2 aliphatic rings. The van der Waals surface area contributed by atoms with Gasteiger partial charge in [0.15, 0.2) is 0 Å². The van der Waals surface area contributed by atoms with Crippen molar-refractivity contribution in [2.45, 2.75) is 31.7 Å². The van der Waals surface area contributed by atoms with Gasteiger partial charge in [0.05, 0.1) is 18.3 Å². The minimum atomic E-state index is 0.308. The van der Waals surface area contributed by atoms with E-state index in [0.29, 0.717) is 12.0 Å². The van der Waals surface area contributed by atoms with E-state index in [1.54, 1.807) is 7.11 Å². The molecule has 0 radical (unpaired) electrons. The summed E-state index contributed by atoms with van der Waals surface area (Å²) in [4.78, 5) is 14.7. The highest BCUT2D eigenvalue weighted by atomic mass is 16.5. The smallest absolute Gasteiger partial charge is 0.142 e. The van der Waals surface area contributed by atoms with Crippen LogP contribution in [0.3, 0.4) is 0 Å². The van der Waals surface area contributed by atoms with Gasteiger partial charge in [-0.3, -0.25) is 4.90 Å². The van der Waals surface area contributed by atoms with Crippen molar-refractivity contribution in [3.8, 4) is 5.75 Å². The van der Waals surface area contributed by atoms with Crippen molar-refractivity contribution >= 4 is 22.4 Å². The lowest BCUT2D eigenvalue weighted by atomic mass is 10.2. The fourth-order valence-electron chi connectivity index (χ4n) is 4.46. The molecule has 0 unspecified atom stereocenters. The zero-order valence-corrected chi connectivity index (χ0v) is 18.4. The molecule has 6 heteroatoms. The molecule has 1 aliphatic carbocycles. The van der Waals surface area contributed by atoms with E-state index in [1.807, 2.05) is 12.1 Å². The molecule has 1 N–H and O–H groups in total. The summed E-state index contributed by atoms with van der Waals surface area (Å²) in [6.07, 6.45) is 2.42. The predicted octanol–water partition coefficient (Wildman–Crippen LogP) is 4.14. The largest absolute Gasteiger partial charge is 0.495 e. The Morgan fingerprint density at radius 1 is 1.00 bits per heavy atom. The Morgan fingerprint density at radius 3 is 2.52 bits per heavy atom. The topological polar surface area (TPSA) is 53.5 Å². The molecule has 3 aromatic rings. The number of para-hydroxylation sites is 3. The van der Waals surface area contributed by atoms with Crippen LogP contribution in [0.1, 0.15) is 31.5 Å². The molecule has 6 nitrogen and oxygen atoms in total. The van der Waals surface area contributed by atoms with Gasteiger partial charge in [0, 0.05) is 50.1 Å². The Balaban J connectivity index is 1.22. The van der Waals surface area contributed by atoms with Gasteiger partial charge in [-0.25, -0.2) is 9.97 Å². The summed E-state index contributed by atoms with van der Waals surface area (Å²) >= 11 is 0. The number of nitrogens with one attached hydrogen (secondary N) is 1. The minimum absolute atomic E-state index is 0.308. The monoisotopic (exact) mass is 417 g/mol. The summed E-state index contributed by atoms with van der Waals surface area (Å²) in [7, 11) is 1.74. The number of hydrogen-bond donors (Lipinski definition) is 1. The van der Waals surface area contributed by atoms with Gasteiger partial charge in [-0.2, -0.15) is 0 Å². The van der Waals surface area contributed by atoms with E-state index < -0.39 is 0 Å². The minimum Gasteiger partial charge on any atom is -0.495 e. The van der Waals surface area contributed by atoms with Crippen LogP contribution in [0, 0.1) is 0 Å². The number of anilines is 2. The standard InChI is InChI=1S/C25H31N5O/c1-18(17-29-13-15-30(16-14-29)22-9-5-6-10-23(22)31-2)26-25-20-7-3-4-8-21(20)27-24(28-25)19-11-12-19/h3-10,18-19H,11-17H2,1-2H3,(H,26,27,28)/t18-/m0/s1. The normalized spacial score (nSPS) is 18.2. The summed E-state index contributed by atoms with van der Waals surface area (Å²) in [6.45, 7) is 7.35. The summed E-state index contributed by atoms with van der Waals surface area (Å²) < 4.78 is 5.54. The van der Waals surface area contributed by atoms with E-state index in [2.05, 4.69) is 58.4 Å². The van der Waals surface area contributed by atoms with Gasteiger partial charge in [0.1, 0.15) is 17.4 Å². The molecule has 162 valence electrons. The van der Waals surface area contributed by atoms with Crippen LogP contribution in [0.15, 0.2) is 48.5 Å². The van der Waals surface area contributed by atoms with E-state index in [1.165, 1.54) is 18.5 Å². The van der Waals surface area contributed by atoms with Gasteiger partial charge in [-0.1, -0.05) is 24.3 Å². The maximum absolute atomic E-state index is 5.54. The summed E-state index contributed by atoms with van der Waals surface area (Å²) in [5.41, 5.74) is 2.23. The zero-order chi connectivity index (χ0) is 21.2. The van der Waals surface area contributed by atoms with Crippen LogP contribution in [0.5, 0.6) is 5.75 Å². The second-order valence-electron chi connectivity index (χ2n) is 8.73. The Morgan fingerprint density at radius 2 is 1.74 bits per heavy atom. The van der Waals surface area contributed by atoms with E-state index >= 15 is 0 Å². The Labute approximate surface area is 184 Å². The van der Waals surface area contributed by atoms with Gasteiger partial charge in [-0.15, -0.1) is 0 Å². The number of rotatable bonds is 7. The van der Waals surface area contributed by atoms with Crippen LogP contribution < -0.4 is 15.0 Å². The second kappa shape index (κ2) is 8.71. The summed E-state index contributed by atoms with van der Waals surface area (Å²) in [5, 5.41) is 4.80. The highest BCUT2D eigenvalue weighted by Gasteiger charge is 2.28. The molecule has 2 heterocycles. The molecule has 1 saturated carbocycles. The average molecular weight is 418 g/mol. The first-order chi connectivity index (χ1) is 15.2. The Hall–Kier alpha value is -2.86. The predicted molar refractivity (Wildman–Crippen MR) is 126 cm³/mol. The Kier molecular flexibility index (Phi) is 5.64. The van der Waals surface area contributed by atoms with Gasteiger partial charge in [-0.05, 0) is 44.0 Å². The lowest BCUT2D eigenvalue weighted by Crippen LogP contribution is -2.49. The molecule has 31 heavy (non-hydrogen) atoms. The van der Waals surface area contributed by atoms with Crippen molar-refractivity contribution < 1.29 is 4.74 Å². The van der Waals surface area contributed by atoms with Gasteiger partial charge < -0.3 is 15.0 Å². The first-order valence-electron chi connectivity index (χ1n) is 11.3. The van der Waals surface area contributed by atoms with E-state index in [-0.39, 0.29) is 0 Å². The van der Waals surface area contributed by atoms with Crippen LogP contribution in [-0.4, -0.2) is 60.7 Å². The number of aromatic nitrogens is 2. The maximum Gasteiger partial charge on any atom is 0.142 e. The third-order valence-corrected chi connectivity index (χ3v) is 6.28. The number of fused-ring (bicyclic) bond motifs is 1. The molecule has 5 rings (SSSR count). The molecule has 2 fully saturated rings. The van der Waals surface area contributed by atoms with Crippen molar-refractivity contribution in [3.05, 3.63) is 54.4 Å². The third-order valence-electron chi connectivity index (χ3n) is 6.28. The third kappa shape index (κ3) is 4.44. The molecule has 1 atom stereocenters. The lowest BCUT2D eigenvalue weighted by molar-refractivity contribution is 0.250. The van der Waals surface area contributed by atoms with E-state index in [9.17, 15) is 0 Å². The van der Waals surface area contributed by atoms with Crippen LogP contribution in [0.4, 0.5) is 11.5 Å². The fraction of sp³-hybridized carbons (Fsp3) is 0.440. The molecule has 1 aromatic heterocycles. The molecule has 1 aliphatic heterocycles. The summed E-state index contributed by atoms with van der Waals surface area (Å²) in [6, 6.07) is 16.9. The van der Waals surface area contributed by atoms with Crippen molar-refractivity contribution in [1.29, 1.82) is 0 Å². The second-order valence-corrected chi connectivity index (χ2v) is 8.73. The maximum atomic E-state index is 5.54. The molecular formula is C25H31N5O. The molecule has 0 spiro atoms. The zero-order valence-electron chi connectivity index (χ0n) is 18.4. The molecule has 0 amide bonds. The van der Waals surface area contributed by atoms with Crippen LogP contribution in [-0.2, 0) is 0 Å². The quantitative estimate of drug-likeness (QED) is 0.624. The molecule has 0 bridgehead atoms. The van der Waals surface area contributed by atoms with Crippen LogP contribution in [0.2, 0.25) is 0 Å². The van der Waals surface area contributed by atoms with Crippen LogP contribution >= 0.6 is 0 Å². The molecular weight excluding hydrogens is 386 g/mol. The number of benzene rings is 2. The van der Waals surface area contributed by atoms with Crippen molar-refractivity contribution in [3.63, 3.8) is 0 Å². The van der Waals surface area contributed by atoms with Crippen molar-refractivity contribution in [1.82, 2.24) is 14.9 Å². The summed E-state index contributed by atoms with van der Waals surface area (Å²) in [5.74, 6) is 3.48. The number of piperazine rings is 1. The average Bonchev–Trinajstić information content (AvgIpc) is 3.65.